The van der Waals surface area contributed by atoms with Gasteiger partial charge in [-0.3, -0.25) is 47.9 Å². The molecule has 0 saturated heterocycles. The van der Waals surface area contributed by atoms with Gasteiger partial charge in [-0.25, -0.2) is 9.78 Å². The van der Waals surface area contributed by atoms with E-state index in [1.54, 1.807) is 13.8 Å². The number of nitrogens with zero attached hydrogens (tertiary/aromatic N) is 1. The third kappa shape index (κ3) is 22.8. The molecular formula is C40H67N13O14. The Balaban J connectivity index is 3.47. The standard InChI is InChI=1S/C40H67N13O14/c1-19(2)15-27(37(63)52-28(16-22-17-45-18-46-22)38(64)50-26(40(66)67)9-12-30(44)56)51-35(61)25(10-13-31(57)58)48-34(60)23(7-5-6-14-41)49-39(65)32(21(4)54)53-36(62)24(8-11-29(43)55)47-33(59)20(3)42/h17-21,23-28,32,54H,5-16,41-42H2,1-4H3,(H2,43,55)(H2,44,56)(H,45,46)(H,47,59)(H,48,60)(H,49,65)(H,50,64)(H,51,61)(H,52,63)(H,53,62)(H,57,58)(H,66,67)/t20-,21+,23-,24-,25-,26-,27-,28-,32-/m0/s1. The maximum Gasteiger partial charge on any atom is 0.326 e. The highest BCUT2D eigenvalue weighted by Gasteiger charge is 2.36. The van der Waals surface area contributed by atoms with Crippen molar-refractivity contribution in [3.8, 4) is 0 Å². The molecule has 0 saturated carbocycles. The number of carboxylic acids is 2. The van der Waals surface area contributed by atoms with Crippen molar-refractivity contribution >= 4 is 65.1 Å². The molecule has 9 atom stereocenters. The van der Waals surface area contributed by atoms with Crippen LogP contribution >= 0.6 is 0 Å². The summed E-state index contributed by atoms with van der Waals surface area (Å²) in [4.78, 5) is 148. The quantitative estimate of drug-likeness (QED) is 0.0293. The Morgan fingerprint density at radius 1 is 0.597 bits per heavy atom. The van der Waals surface area contributed by atoms with Crippen LogP contribution in [0.15, 0.2) is 12.5 Å². The molecule has 1 rings (SSSR count). The fourth-order valence-electron chi connectivity index (χ4n) is 6.24. The van der Waals surface area contributed by atoms with E-state index < -0.39 is 132 Å². The molecule has 0 aromatic carbocycles. The lowest BCUT2D eigenvalue weighted by Gasteiger charge is -2.29. The number of aromatic nitrogens is 2. The molecule has 0 aliphatic carbocycles. The van der Waals surface area contributed by atoms with E-state index in [1.165, 1.54) is 19.4 Å². The number of unbranched alkanes of at least 4 members (excludes halogenated alkanes) is 1. The fourth-order valence-corrected chi connectivity index (χ4v) is 6.24. The molecule has 0 aliphatic heterocycles. The van der Waals surface area contributed by atoms with Crippen LogP contribution in [0.2, 0.25) is 0 Å². The van der Waals surface area contributed by atoms with Crippen molar-refractivity contribution in [2.45, 2.75) is 153 Å². The van der Waals surface area contributed by atoms with Crippen LogP contribution in [0.1, 0.15) is 97.6 Å². The molecule has 27 nitrogen and oxygen atoms in total. The van der Waals surface area contributed by atoms with E-state index in [-0.39, 0.29) is 63.8 Å². The minimum atomic E-state index is -1.76. The minimum absolute atomic E-state index is 0.0610. The second-order valence-corrected chi connectivity index (χ2v) is 16.4. The summed E-state index contributed by atoms with van der Waals surface area (Å²) < 4.78 is 0. The number of aliphatic carboxylic acids is 2. The predicted molar refractivity (Wildman–Crippen MR) is 235 cm³/mol. The fraction of sp³-hybridized carbons (Fsp3) is 0.650. The number of carboxylic acid groups (broad SMARTS) is 2. The third-order valence-electron chi connectivity index (χ3n) is 9.89. The Morgan fingerprint density at radius 2 is 1.04 bits per heavy atom. The number of imidazole rings is 1. The van der Waals surface area contributed by atoms with Gasteiger partial charge in [0, 0.05) is 37.6 Å². The lowest BCUT2D eigenvalue weighted by Crippen LogP contribution is -2.61. The molecule has 0 unspecified atom stereocenters. The van der Waals surface area contributed by atoms with Crippen molar-refractivity contribution in [2.75, 3.05) is 6.54 Å². The second kappa shape index (κ2) is 29.7. The molecule has 376 valence electrons. The van der Waals surface area contributed by atoms with Crippen molar-refractivity contribution in [1.29, 1.82) is 0 Å². The molecule has 67 heavy (non-hydrogen) atoms. The molecule has 1 aromatic rings. The predicted octanol–water partition coefficient (Wildman–Crippen LogP) is -5.27. The second-order valence-electron chi connectivity index (χ2n) is 16.4. The van der Waals surface area contributed by atoms with Crippen LogP contribution in [0.4, 0.5) is 0 Å². The topological polar surface area (TPSA) is 465 Å². The number of amides is 9. The zero-order chi connectivity index (χ0) is 51.0. The van der Waals surface area contributed by atoms with Gasteiger partial charge in [0.1, 0.15) is 42.3 Å². The summed E-state index contributed by atoms with van der Waals surface area (Å²) in [5.74, 6) is -11.6. The van der Waals surface area contributed by atoms with Crippen LogP contribution in [0, 0.1) is 5.92 Å². The van der Waals surface area contributed by atoms with Gasteiger partial charge in [-0.05, 0) is 71.3 Å². The van der Waals surface area contributed by atoms with Gasteiger partial charge >= 0.3 is 11.9 Å². The average molecular weight is 954 g/mol. The molecule has 1 heterocycles. The highest BCUT2D eigenvalue weighted by Crippen LogP contribution is 2.11. The largest absolute Gasteiger partial charge is 0.481 e. The Hall–Kier alpha value is -6.74. The molecule has 0 fully saturated rings. The zero-order valence-electron chi connectivity index (χ0n) is 38.0. The van der Waals surface area contributed by atoms with Gasteiger partial charge in [0.25, 0.3) is 0 Å². The van der Waals surface area contributed by atoms with Crippen LogP contribution in [0.3, 0.4) is 0 Å². The molecular weight excluding hydrogens is 887 g/mol. The Morgan fingerprint density at radius 3 is 1.52 bits per heavy atom. The number of carbonyl (C=O) groups is 11. The van der Waals surface area contributed by atoms with E-state index in [4.69, 9.17) is 22.9 Å². The highest BCUT2D eigenvalue weighted by molar-refractivity contribution is 5.98. The summed E-state index contributed by atoms with van der Waals surface area (Å²) in [7, 11) is 0. The maximum absolute atomic E-state index is 14.0. The normalized spacial score (nSPS) is 15.1. The lowest BCUT2D eigenvalue weighted by atomic mass is 10.0. The molecule has 0 aliphatic rings. The van der Waals surface area contributed by atoms with E-state index in [9.17, 15) is 68.1 Å². The van der Waals surface area contributed by atoms with Gasteiger partial charge in [0.05, 0.1) is 18.5 Å². The first kappa shape index (κ1) is 58.3. The summed E-state index contributed by atoms with van der Waals surface area (Å²) in [5, 5.41) is 46.5. The van der Waals surface area contributed by atoms with Crippen molar-refractivity contribution in [3.05, 3.63) is 18.2 Å². The summed E-state index contributed by atoms with van der Waals surface area (Å²) in [6, 6.07) is -11.9. The SMILES string of the molecule is CC(C)C[C@H](NC(=O)[C@H](CCC(=O)O)NC(=O)[C@H](CCCCN)NC(=O)[C@@H](NC(=O)[C@H](CCC(N)=O)NC(=O)[C@H](C)N)[C@@H](C)O)C(=O)N[C@@H](Cc1cnc[nH]1)C(=O)N[C@@H](CCC(N)=O)C(=O)O. The number of carbonyl (C=O) groups excluding carboxylic acids is 9. The number of nitrogens with one attached hydrogen (secondary N) is 8. The van der Waals surface area contributed by atoms with Crippen molar-refractivity contribution in [1.82, 2.24) is 47.2 Å². The maximum atomic E-state index is 14.0. The van der Waals surface area contributed by atoms with Crippen LogP contribution < -0.4 is 60.2 Å². The zero-order valence-corrected chi connectivity index (χ0v) is 38.0. The lowest BCUT2D eigenvalue weighted by molar-refractivity contribution is -0.143. The molecule has 9 amide bonds. The number of aliphatic hydroxyl groups is 1. The number of nitrogens with two attached hydrogens (primary N) is 4. The monoisotopic (exact) mass is 953 g/mol. The first-order valence-electron chi connectivity index (χ1n) is 21.6. The van der Waals surface area contributed by atoms with E-state index in [1.807, 2.05) is 0 Å². The molecule has 0 bridgehead atoms. The van der Waals surface area contributed by atoms with Crippen LogP contribution in [0.5, 0.6) is 0 Å². The van der Waals surface area contributed by atoms with E-state index in [2.05, 4.69) is 47.2 Å². The van der Waals surface area contributed by atoms with E-state index in [0.717, 1.165) is 6.92 Å². The van der Waals surface area contributed by atoms with Crippen LogP contribution in [0.25, 0.3) is 0 Å². The first-order chi connectivity index (χ1) is 31.4. The Kier molecular flexibility index (Phi) is 25.9. The van der Waals surface area contributed by atoms with Crippen molar-refractivity contribution in [2.24, 2.45) is 28.9 Å². The summed E-state index contributed by atoms with van der Waals surface area (Å²) in [6.45, 7) is 6.07. The number of hydrogen-bond donors (Lipinski definition) is 15. The number of aromatic amines is 1. The Bertz CT molecular complexity index is 1860. The minimum Gasteiger partial charge on any atom is -0.481 e. The summed E-state index contributed by atoms with van der Waals surface area (Å²) in [5.41, 5.74) is 22.0. The molecule has 0 spiro atoms. The highest BCUT2D eigenvalue weighted by atomic mass is 16.4. The van der Waals surface area contributed by atoms with Gasteiger partial charge in [-0.2, -0.15) is 0 Å². The van der Waals surface area contributed by atoms with Gasteiger partial charge in [-0.15, -0.1) is 0 Å². The van der Waals surface area contributed by atoms with E-state index >= 15 is 0 Å². The van der Waals surface area contributed by atoms with Crippen LogP contribution in [-0.4, -0.2) is 151 Å². The smallest absolute Gasteiger partial charge is 0.326 e. The van der Waals surface area contributed by atoms with Crippen LogP contribution in [-0.2, 0) is 59.2 Å². The number of aliphatic hydroxyl groups excluding tert-OH is 1. The number of H-pyrrole nitrogens is 1. The third-order valence-corrected chi connectivity index (χ3v) is 9.89. The Labute approximate surface area is 386 Å². The molecule has 0 radical (unpaired) electrons. The average Bonchev–Trinajstić information content (AvgIpc) is 3.75. The number of primary amides is 2. The molecule has 1 aromatic heterocycles. The summed E-state index contributed by atoms with van der Waals surface area (Å²) >= 11 is 0. The van der Waals surface area contributed by atoms with E-state index in [0.29, 0.717) is 12.1 Å². The summed E-state index contributed by atoms with van der Waals surface area (Å²) in [6.07, 6.45) is -1.38. The van der Waals surface area contributed by atoms with Crippen molar-refractivity contribution in [3.63, 3.8) is 0 Å². The number of rotatable bonds is 33. The molecule has 27 heteroatoms. The number of hydrogen-bond acceptors (Lipinski definition) is 15. The molecule has 19 N–H and O–H groups in total. The van der Waals surface area contributed by atoms with Gasteiger partial charge in [-0.1, -0.05) is 13.8 Å². The van der Waals surface area contributed by atoms with Gasteiger partial charge < -0.3 is 80.5 Å². The van der Waals surface area contributed by atoms with Gasteiger partial charge in [0.2, 0.25) is 53.2 Å². The van der Waals surface area contributed by atoms with Crippen molar-refractivity contribution < 1.29 is 68.1 Å². The van der Waals surface area contributed by atoms with Gasteiger partial charge in [0.15, 0.2) is 0 Å². The first-order valence-corrected chi connectivity index (χ1v) is 21.6.